The molecule has 0 spiro atoms. The van der Waals surface area contributed by atoms with Crippen LogP contribution in [0.2, 0.25) is 0 Å². The van der Waals surface area contributed by atoms with Gasteiger partial charge in [0.15, 0.2) is 0 Å². The van der Waals surface area contributed by atoms with E-state index in [0.29, 0.717) is 12.5 Å². The Morgan fingerprint density at radius 3 is 2.30 bits per heavy atom. The quantitative estimate of drug-likeness (QED) is 0.900. The first-order valence-corrected chi connectivity index (χ1v) is 8.55. The average molecular weight is 315 g/mol. The van der Waals surface area contributed by atoms with Crippen LogP contribution in [-0.2, 0) is 16.0 Å². The van der Waals surface area contributed by atoms with Gasteiger partial charge in [-0.2, -0.15) is 0 Å². The number of carbonyl (C=O) groups is 2. The molecule has 0 unspecified atom stereocenters. The highest BCUT2D eigenvalue weighted by Crippen LogP contribution is 2.31. The van der Waals surface area contributed by atoms with Crippen LogP contribution in [0.3, 0.4) is 0 Å². The molecule has 124 valence electrons. The smallest absolute Gasteiger partial charge is 0.238 e. The Kier molecular flexibility index (Phi) is 4.96. The fourth-order valence-corrected chi connectivity index (χ4v) is 2.94. The summed E-state index contributed by atoms with van der Waals surface area (Å²) in [6, 6.07) is 7.97. The minimum atomic E-state index is 0.0104. The molecule has 2 aliphatic rings. The summed E-state index contributed by atoms with van der Waals surface area (Å²) in [6.45, 7) is 5.55. The molecule has 0 aromatic heterocycles. The van der Waals surface area contributed by atoms with Crippen LogP contribution in [0.1, 0.15) is 25.3 Å². The van der Waals surface area contributed by atoms with E-state index in [9.17, 15) is 9.59 Å². The molecule has 1 N–H and O–H groups in total. The summed E-state index contributed by atoms with van der Waals surface area (Å²) < 4.78 is 0. The van der Waals surface area contributed by atoms with E-state index >= 15 is 0 Å². The Hall–Kier alpha value is -1.88. The molecule has 2 fully saturated rings. The molecular formula is C18H25N3O2. The molecule has 23 heavy (non-hydrogen) atoms. The standard InChI is InChI=1S/C18H25N3O2/c1-2-14-3-7-16(8-4-14)19-17(22)13-20-9-11-21(12-10-20)18(23)15-5-6-15/h3-4,7-8,15H,2,5-6,9-13H2,1H3,(H,19,22). The molecule has 5 heteroatoms. The van der Waals surface area contributed by atoms with Crippen LogP contribution >= 0.6 is 0 Å². The van der Waals surface area contributed by atoms with Gasteiger partial charge in [0, 0.05) is 37.8 Å². The van der Waals surface area contributed by atoms with Crippen molar-refractivity contribution in [2.24, 2.45) is 5.92 Å². The van der Waals surface area contributed by atoms with Crippen molar-refractivity contribution in [3.8, 4) is 0 Å². The van der Waals surface area contributed by atoms with Crippen LogP contribution < -0.4 is 5.32 Å². The molecule has 1 aliphatic carbocycles. The number of hydrogen-bond acceptors (Lipinski definition) is 3. The van der Waals surface area contributed by atoms with Gasteiger partial charge in [-0.1, -0.05) is 19.1 Å². The van der Waals surface area contributed by atoms with E-state index in [2.05, 4.69) is 17.1 Å². The zero-order valence-corrected chi connectivity index (χ0v) is 13.8. The molecule has 0 radical (unpaired) electrons. The summed E-state index contributed by atoms with van der Waals surface area (Å²) in [4.78, 5) is 28.2. The second kappa shape index (κ2) is 7.13. The predicted molar refractivity (Wildman–Crippen MR) is 90.2 cm³/mol. The van der Waals surface area contributed by atoms with Crippen molar-refractivity contribution in [1.29, 1.82) is 0 Å². The Bertz CT molecular complexity index is 558. The number of anilines is 1. The van der Waals surface area contributed by atoms with Gasteiger partial charge < -0.3 is 10.2 Å². The Morgan fingerprint density at radius 2 is 1.74 bits per heavy atom. The predicted octanol–water partition coefficient (Wildman–Crippen LogP) is 1.74. The highest BCUT2D eigenvalue weighted by molar-refractivity contribution is 5.92. The Labute approximate surface area is 137 Å². The van der Waals surface area contributed by atoms with Gasteiger partial charge in [0.2, 0.25) is 11.8 Å². The first kappa shape index (κ1) is 16.0. The van der Waals surface area contributed by atoms with Gasteiger partial charge in [0.05, 0.1) is 6.54 Å². The molecule has 2 amide bonds. The van der Waals surface area contributed by atoms with Gasteiger partial charge in [0.1, 0.15) is 0 Å². The molecule has 1 aromatic carbocycles. The van der Waals surface area contributed by atoms with Crippen molar-refractivity contribution in [1.82, 2.24) is 9.80 Å². The number of amides is 2. The number of nitrogens with zero attached hydrogens (tertiary/aromatic N) is 2. The van der Waals surface area contributed by atoms with Crippen molar-refractivity contribution in [3.05, 3.63) is 29.8 Å². The topological polar surface area (TPSA) is 52.7 Å². The first-order valence-electron chi connectivity index (χ1n) is 8.55. The van der Waals surface area contributed by atoms with Crippen molar-refractivity contribution >= 4 is 17.5 Å². The summed E-state index contributed by atoms with van der Waals surface area (Å²) in [6.07, 6.45) is 3.11. The van der Waals surface area contributed by atoms with Gasteiger partial charge in [-0.3, -0.25) is 14.5 Å². The summed E-state index contributed by atoms with van der Waals surface area (Å²) >= 11 is 0. The van der Waals surface area contributed by atoms with E-state index in [0.717, 1.165) is 51.1 Å². The van der Waals surface area contributed by atoms with Gasteiger partial charge in [-0.15, -0.1) is 0 Å². The van der Waals surface area contributed by atoms with Crippen LogP contribution in [-0.4, -0.2) is 54.3 Å². The third-order valence-corrected chi connectivity index (χ3v) is 4.62. The SMILES string of the molecule is CCc1ccc(NC(=O)CN2CCN(C(=O)C3CC3)CC2)cc1. The number of benzene rings is 1. The molecule has 3 rings (SSSR count). The summed E-state index contributed by atoms with van der Waals surface area (Å²) in [5, 5.41) is 2.94. The Balaban J connectivity index is 1.42. The van der Waals surface area contributed by atoms with Crippen LogP contribution in [0.5, 0.6) is 0 Å². The van der Waals surface area contributed by atoms with E-state index < -0.39 is 0 Å². The second-order valence-electron chi connectivity index (χ2n) is 6.47. The maximum atomic E-state index is 12.1. The largest absolute Gasteiger partial charge is 0.340 e. The molecule has 0 bridgehead atoms. The van der Waals surface area contributed by atoms with Gasteiger partial charge in [0.25, 0.3) is 0 Å². The summed E-state index contributed by atoms with van der Waals surface area (Å²) in [7, 11) is 0. The average Bonchev–Trinajstić information content (AvgIpc) is 3.40. The molecule has 5 nitrogen and oxygen atoms in total. The zero-order valence-electron chi connectivity index (χ0n) is 13.8. The minimum Gasteiger partial charge on any atom is -0.340 e. The van der Waals surface area contributed by atoms with Crippen molar-refractivity contribution in [2.75, 3.05) is 38.0 Å². The van der Waals surface area contributed by atoms with Gasteiger partial charge in [-0.05, 0) is 37.0 Å². The lowest BCUT2D eigenvalue weighted by Gasteiger charge is -2.34. The molecule has 1 aromatic rings. The fourth-order valence-electron chi connectivity index (χ4n) is 2.94. The first-order chi connectivity index (χ1) is 11.2. The lowest BCUT2D eigenvalue weighted by molar-refractivity contribution is -0.134. The molecule has 1 saturated carbocycles. The summed E-state index contributed by atoms with van der Waals surface area (Å²) in [5.41, 5.74) is 2.11. The number of hydrogen-bond donors (Lipinski definition) is 1. The van der Waals surface area contributed by atoms with Crippen molar-refractivity contribution < 1.29 is 9.59 Å². The fraction of sp³-hybridized carbons (Fsp3) is 0.556. The normalized spacial score (nSPS) is 18.7. The number of aryl methyl sites for hydroxylation is 1. The van der Waals surface area contributed by atoms with E-state index in [1.54, 1.807) is 0 Å². The lowest BCUT2D eigenvalue weighted by Crippen LogP contribution is -2.50. The molecule has 0 atom stereocenters. The molecule has 1 heterocycles. The zero-order chi connectivity index (χ0) is 16.2. The van der Waals surface area contributed by atoms with E-state index in [1.165, 1.54) is 5.56 Å². The number of rotatable bonds is 5. The van der Waals surface area contributed by atoms with Crippen molar-refractivity contribution in [3.63, 3.8) is 0 Å². The lowest BCUT2D eigenvalue weighted by atomic mass is 10.1. The number of nitrogens with one attached hydrogen (secondary N) is 1. The van der Waals surface area contributed by atoms with Crippen LogP contribution in [0.4, 0.5) is 5.69 Å². The molecular weight excluding hydrogens is 290 g/mol. The Morgan fingerprint density at radius 1 is 1.09 bits per heavy atom. The van der Waals surface area contributed by atoms with Crippen LogP contribution in [0.25, 0.3) is 0 Å². The summed E-state index contributed by atoms with van der Waals surface area (Å²) in [5.74, 6) is 0.609. The van der Waals surface area contributed by atoms with Gasteiger partial charge in [-0.25, -0.2) is 0 Å². The second-order valence-corrected chi connectivity index (χ2v) is 6.47. The maximum absolute atomic E-state index is 12.1. The van der Waals surface area contributed by atoms with Crippen LogP contribution in [0.15, 0.2) is 24.3 Å². The van der Waals surface area contributed by atoms with E-state index in [1.807, 2.05) is 29.2 Å². The third-order valence-electron chi connectivity index (χ3n) is 4.62. The van der Waals surface area contributed by atoms with Crippen molar-refractivity contribution in [2.45, 2.75) is 26.2 Å². The molecule has 1 aliphatic heterocycles. The highest BCUT2D eigenvalue weighted by atomic mass is 16.2. The highest BCUT2D eigenvalue weighted by Gasteiger charge is 2.34. The maximum Gasteiger partial charge on any atom is 0.238 e. The van der Waals surface area contributed by atoms with Crippen LogP contribution in [0, 0.1) is 5.92 Å². The van der Waals surface area contributed by atoms with E-state index in [4.69, 9.17) is 0 Å². The molecule has 1 saturated heterocycles. The van der Waals surface area contributed by atoms with Gasteiger partial charge >= 0.3 is 0 Å². The monoisotopic (exact) mass is 315 g/mol. The van der Waals surface area contributed by atoms with E-state index in [-0.39, 0.29) is 11.8 Å². The third kappa shape index (κ3) is 4.32. The minimum absolute atomic E-state index is 0.0104. The number of piperazine rings is 1. The number of carbonyl (C=O) groups excluding carboxylic acids is 2.